The van der Waals surface area contributed by atoms with Gasteiger partial charge in [0.05, 0.1) is 12.5 Å². The minimum Gasteiger partial charge on any atom is -0.349 e. The smallest absolute Gasteiger partial charge is 0.319 e. The van der Waals surface area contributed by atoms with E-state index in [9.17, 15) is 14.4 Å². The molecule has 1 rings (SSSR count). The maximum Gasteiger partial charge on any atom is 0.319 e. The van der Waals surface area contributed by atoms with Gasteiger partial charge in [0.1, 0.15) is 5.78 Å². The fourth-order valence-corrected chi connectivity index (χ4v) is 2.40. The number of carbonyl (C=O) groups excluding carboxylic acids is 3. The number of rotatable bonds is 8. The number of anilines is 1. The molecule has 24 heavy (non-hydrogen) atoms. The average Bonchev–Trinajstić information content (AvgIpc) is 2.51. The molecular weight excluding hydrogens is 374 g/mol. The SMILES string of the molecule is CC(=O)CNC(=O)C(CNC(=O)Nc1ccc(Br)cc1)CC(C)C. The Hall–Kier alpha value is -1.89. The quantitative estimate of drug-likeness (QED) is 0.629. The van der Waals surface area contributed by atoms with E-state index in [0.717, 1.165) is 4.47 Å². The van der Waals surface area contributed by atoms with Gasteiger partial charge in [-0.2, -0.15) is 0 Å². The second-order valence-corrected chi connectivity index (χ2v) is 7.00. The summed E-state index contributed by atoms with van der Waals surface area (Å²) in [6.45, 7) is 5.66. The molecule has 6 nitrogen and oxygen atoms in total. The van der Waals surface area contributed by atoms with Gasteiger partial charge in [-0.25, -0.2) is 4.79 Å². The molecule has 0 heterocycles. The van der Waals surface area contributed by atoms with Crippen LogP contribution in [-0.4, -0.2) is 30.8 Å². The van der Waals surface area contributed by atoms with Crippen molar-refractivity contribution >= 4 is 39.3 Å². The van der Waals surface area contributed by atoms with Crippen molar-refractivity contribution in [2.75, 3.05) is 18.4 Å². The van der Waals surface area contributed by atoms with Crippen molar-refractivity contribution in [1.82, 2.24) is 10.6 Å². The summed E-state index contributed by atoms with van der Waals surface area (Å²) in [5.74, 6) is -0.398. The van der Waals surface area contributed by atoms with Gasteiger partial charge in [-0.1, -0.05) is 29.8 Å². The Labute approximate surface area is 150 Å². The Morgan fingerprint density at radius 3 is 2.25 bits per heavy atom. The zero-order chi connectivity index (χ0) is 18.1. The van der Waals surface area contributed by atoms with Crippen molar-refractivity contribution in [1.29, 1.82) is 0 Å². The van der Waals surface area contributed by atoms with E-state index in [1.807, 2.05) is 26.0 Å². The summed E-state index contributed by atoms with van der Waals surface area (Å²) in [4.78, 5) is 35.1. The molecule has 0 aliphatic carbocycles. The maximum absolute atomic E-state index is 12.2. The molecule has 132 valence electrons. The highest BCUT2D eigenvalue weighted by atomic mass is 79.9. The van der Waals surface area contributed by atoms with E-state index in [4.69, 9.17) is 0 Å². The number of urea groups is 1. The predicted molar refractivity (Wildman–Crippen MR) is 97.8 cm³/mol. The predicted octanol–water partition coefficient (Wildman–Crippen LogP) is 2.94. The molecule has 1 atom stereocenters. The molecule has 0 aromatic heterocycles. The third-order valence-electron chi connectivity index (χ3n) is 3.25. The second-order valence-electron chi connectivity index (χ2n) is 6.09. The van der Waals surface area contributed by atoms with Crippen molar-refractivity contribution in [3.63, 3.8) is 0 Å². The Balaban J connectivity index is 2.53. The van der Waals surface area contributed by atoms with Crippen molar-refractivity contribution in [3.8, 4) is 0 Å². The van der Waals surface area contributed by atoms with Crippen LogP contribution in [0.4, 0.5) is 10.5 Å². The number of amides is 3. The molecule has 0 aliphatic rings. The Morgan fingerprint density at radius 1 is 1.08 bits per heavy atom. The summed E-state index contributed by atoms with van der Waals surface area (Å²) in [5, 5.41) is 8.02. The van der Waals surface area contributed by atoms with Gasteiger partial charge in [-0.05, 0) is 43.5 Å². The molecule has 0 bridgehead atoms. The Bertz CT molecular complexity index is 573. The van der Waals surface area contributed by atoms with Gasteiger partial charge in [0, 0.05) is 16.7 Å². The van der Waals surface area contributed by atoms with Gasteiger partial charge in [-0.15, -0.1) is 0 Å². The summed E-state index contributed by atoms with van der Waals surface area (Å²) in [6.07, 6.45) is 0.627. The van der Waals surface area contributed by atoms with E-state index in [1.54, 1.807) is 12.1 Å². The third-order valence-corrected chi connectivity index (χ3v) is 3.78. The number of carbonyl (C=O) groups is 3. The fourth-order valence-electron chi connectivity index (χ4n) is 2.13. The number of ketones is 1. The summed E-state index contributed by atoms with van der Waals surface area (Å²) in [6, 6.07) is 6.83. The van der Waals surface area contributed by atoms with Crippen LogP contribution in [0.1, 0.15) is 27.2 Å². The lowest BCUT2D eigenvalue weighted by molar-refractivity contribution is -0.127. The molecule has 7 heteroatoms. The van der Waals surface area contributed by atoms with Crippen molar-refractivity contribution < 1.29 is 14.4 Å². The molecule has 3 N–H and O–H groups in total. The van der Waals surface area contributed by atoms with E-state index in [-0.39, 0.29) is 36.7 Å². The highest BCUT2D eigenvalue weighted by molar-refractivity contribution is 9.10. The molecule has 0 aliphatic heterocycles. The van der Waals surface area contributed by atoms with Crippen LogP contribution in [0.15, 0.2) is 28.7 Å². The first kappa shape index (κ1) is 20.2. The lowest BCUT2D eigenvalue weighted by Crippen LogP contribution is -2.42. The molecule has 0 fully saturated rings. The highest BCUT2D eigenvalue weighted by Crippen LogP contribution is 2.14. The van der Waals surface area contributed by atoms with Gasteiger partial charge >= 0.3 is 6.03 Å². The average molecular weight is 398 g/mol. The van der Waals surface area contributed by atoms with E-state index in [2.05, 4.69) is 31.9 Å². The topological polar surface area (TPSA) is 87.3 Å². The van der Waals surface area contributed by atoms with Crippen LogP contribution in [0.25, 0.3) is 0 Å². The first-order valence-corrected chi connectivity index (χ1v) is 8.64. The third kappa shape index (κ3) is 8.10. The highest BCUT2D eigenvalue weighted by Gasteiger charge is 2.20. The van der Waals surface area contributed by atoms with Crippen LogP contribution < -0.4 is 16.0 Å². The largest absolute Gasteiger partial charge is 0.349 e. The van der Waals surface area contributed by atoms with Crippen LogP contribution in [0, 0.1) is 11.8 Å². The zero-order valence-corrected chi connectivity index (χ0v) is 15.8. The van der Waals surface area contributed by atoms with Gasteiger partial charge in [0.25, 0.3) is 0 Å². The lowest BCUT2D eigenvalue weighted by atomic mass is 9.96. The first-order valence-electron chi connectivity index (χ1n) is 7.85. The monoisotopic (exact) mass is 397 g/mol. The minimum absolute atomic E-state index is 0.0124. The van der Waals surface area contributed by atoms with Crippen LogP contribution in [0.5, 0.6) is 0 Å². The van der Waals surface area contributed by atoms with Gasteiger partial charge in [0.15, 0.2) is 0 Å². The second kappa shape index (κ2) is 10.1. The Kier molecular flexibility index (Phi) is 8.46. The molecule has 0 radical (unpaired) electrons. The van der Waals surface area contributed by atoms with E-state index in [1.165, 1.54) is 6.92 Å². The van der Waals surface area contributed by atoms with Crippen molar-refractivity contribution in [2.24, 2.45) is 11.8 Å². The number of Topliss-reactive ketones (excluding diaryl/α,β-unsaturated/α-hetero) is 1. The first-order chi connectivity index (χ1) is 11.3. The summed E-state index contributed by atoms with van der Waals surface area (Å²) in [7, 11) is 0. The number of hydrogen-bond donors (Lipinski definition) is 3. The normalized spacial score (nSPS) is 11.7. The fraction of sp³-hybridized carbons (Fsp3) is 0.471. The van der Waals surface area contributed by atoms with Gasteiger partial charge < -0.3 is 16.0 Å². The molecule has 1 unspecified atom stereocenters. The minimum atomic E-state index is -0.375. The van der Waals surface area contributed by atoms with Crippen LogP contribution >= 0.6 is 15.9 Å². The van der Waals surface area contributed by atoms with Gasteiger partial charge in [0.2, 0.25) is 5.91 Å². The summed E-state index contributed by atoms with van der Waals surface area (Å²) >= 11 is 3.33. The molecule has 1 aromatic rings. The van der Waals surface area contributed by atoms with E-state index in [0.29, 0.717) is 18.0 Å². The summed E-state index contributed by atoms with van der Waals surface area (Å²) in [5.41, 5.74) is 0.664. The molecule has 0 saturated heterocycles. The van der Waals surface area contributed by atoms with Crippen molar-refractivity contribution in [2.45, 2.75) is 27.2 Å². The van der Waals surface area contributed by atoms with Crippen LogP contribution in [0.3, 0.4) is 0 Å². The maximum atomic E-state index is 12.2. The lowest BCUT2D eigenvalue weighted by Gasteiger charge is -2.19. The molecule has 0 saturated carbocycles. The van der Waals surface area contributed by atoms with Gasteiger partial charge in [-0.3, -0.25) is 9.59 Å². The standard InChI is InChI=1S/C17H24BrN3O3/c1-11(2)8-13(16(23)19-9-12(3)22)10-20-17(24)21-15-6-4-14(18)5-7-15/h4-7,11,13H,8-10H2,1-3H3,(H,19,23)(H2,20,21,24). The van der Waals surface area contributed by atoms with Crippen LogP contribution in [-0.2, 0) is 9.59 Å². The molecular formula is C17H24BrN3O3. The number of benzene rings is 1. The molecule has 3 amide bonds. The zero-order valence-electron chi connectivity index (χ0n) is 14.2. The van der Waals surface area contributed by atoms with E-state index >= 15 is 0 Å². The number of halogens is 1. The molecule has 1 aromatic carbocycles. The number of nitrogens with one attached hydrogen (secondary N) is 3. The number of hydrogen-bond acceptors (Lipinski definition) is 3. The summed E-state index contributed by atoms with van der Waals surface area (Å²) < 4.78 is 0.924. The van der Waals surface area contributed by atoms with Crippen molar-refractivity contribution in [3.05, 3.63) is 28.7 Å². The van der Waals surface area contributed by atoms with E-state index < -0.39 is 0 Å². The molecule has 0 spiro atoms. The Morgan fingerprint density at radius 2 is 1.71 bits per heavy atom. The van der Waals surface area contributed by atoms with Crippen LogP contribution in [0.2, 0.25) is 0 Å².